The first-order valence-corrected chi connectivity index (χ1v) is 8.90. The molecular formula is C21H17FN4O4. The second-order valence-electron chi connectivity index (χ2n) is 6.17. The smallest absolute Gasteiger partial charge is 0.293 e. The standard InChI is InChI=1S/C21H17FN4O4/c1-28-12-7-8-14(18(11-12)29-2)19-23-21(26-25-19)24-20(27)17-10-9-16(30-17)13-5-3-4-6-15(13)22/h3-11H,1-2H3,(H2,23,24,25,26,27). The number of carbonyl (C=O) groups excluding carboxylic acids is 1. The molecule has 0 saturated carbocycles. The Morgan fingerprint density at radius 1 is 1.07 bits per heavy atom. The predicted octanol–water partition coefficient (Wildman–Crippen LogP) is 4.14. The van der Waals surface area contributed by atoms with Crippen molar-refractivity contribution in [1.82, 2.24) is 15.2 Å². The van der Waals surface area contributed by atoms with Gasteiger partial charge in [0.05, 0.1) is 25.3 Å². The van der Waals surface area contributed by atoms with Crippen LogP contribution in [0.2, 0.25) is 0 Å². The van der Waals surface area contributed by atoms with Crippen molar-refractivity contribution in [2.75, 3.05) is 19.5 Å². The summed E-state index contributed by atoms with van der Waals surface area (Å²) in [6.45, 7) is 0. The van der Waals surface area contributed by atoms with Gasteiger partial charge in [0, 0.05) is 6.07 Å². The summed E-state index contributed by atoms with van der Waals surface area (Å²) in [6, 6.07) is 14.4. The van der Waals surface area contributed by atoms with Crippen LogP contribution in [0.25, 0.3) is 22.7 Å². The number of amides is 1. The van der Waals surface area contributed by atoms with Crippen LogP contribution in [0, 0.1) is 5.82 Å². The highest BCUT2D eigenvalue weighted by Gasteiger charge is 2.17. The SMILES string of the molecule is COc1ccc(-c2nc(NC(=O)c3ccc(-c4ccccc4F)o3)n[nH]2)c(OC)c1. The molecule has 9 heteroatoms. The van der Waals surface area contributed by atoms with Crippen molar-refractivity contribution in [3.05, 3.63) is 66.2 Å². The third-order valence-electron chi connectivity index (χ3n) is 4.34. The van der Waals surface area contributed by atoms with Crippen LogP contribution in [0.5, 0.6) is 11.5 Å². The van der Waals surface area contributed by atoms with Gasteiger partial charge in [0.15, 0.2) is 11.6 Å². The summed E-state index contributed by atoms with van der Waals surface area (Å²) in [7, 11) is 3.09. The van der Waals surface area contributed by atoms with E-state index < -0.39 is 11.7 Å². The molecule has 0 aliphatic carbocycles. The molecule has 0 atom stereocenters. The number of aromatic nitrogens is 3. The second-order valence-corrected chi connectivity index (χ2v) is 6.17. The first-order chi connectivity index (χ1) is 14.6. The van der Waals surface area contributed by atoms with E-state index in [0.29, 0.717) is 22.9 Å². The summed E-state index contributed by atoms with van der Waals surface area (Å²) in [5.41, 5.74) is 0.912. The first-order valence-electron chi connectivity index (χ1n) is 8.90. The Morgan fingerprint density at radius 2 is 1.90 bits per heavy atom. The fourth-order valence-electron chi connectivity index (χ4n) is 2.86. The highest BCUT2D eigenvalue weighted by atomic mass is 19.1. The topological polar surface area (TPSA) is 102 Å². The van der Waals surface area contributed by atoms with Gasteiger partial charge in [-0.1, -0.05) is 12.1 Å². The van der Waals surface area contributed by atoms with Gasteiger partial charge in [0.1, 0.15) is 23.1 Å². The molecule has 4 aromatic rings. The van der Waals surface area contributed by atoms with E-state index in [9.17, 15) is 9.18 Å². The fraction of sp³-hybridized carbons (Fsp3) is 0.0952. The van der Waals surface area contributed by atoms with Gasteiger partial charge >= 0.3 is 0 Å². The first kappa shape index (κ1) is 19.2. The Kier molecular flexibility index (Phi) is 5.17. The lowest BCUT2D eigenvalue weighted by molar-refractivity contribution is 0.0996. The van der Waals surface area contributed by atoms with Crippen molar-refractivity contribution in [1.29, 1.82) is 0 Å². The van der Waals surface area contributed by atoms with E-state index in [1.54, 1.807) is 43.5 Å². The zero-order chi connectivity index (χ0) is 21.1. The maximum atomic E-state index is 13.9. The molecule has 2 aromatic carbocycles. The molecule has 4 rings (SSSR count). The number of H-pyrrole nitrogens is 1. The molecule has 0 fully saturated rings. The van der Waals surface area contributed by atoms with E-state index in [1.165, 1.54) is 25.3 Å². The van der Waals surface area contributed by atoms with Crippen LogP contribution >= 0.6 is 0 Å². The fourth-order valence-corrected chi connectivity index (χ4v) is 2.86. The number of aromatic amines is 1. The monoisotopic (exact) mass is 408 g/mol. The highest BCUT2D eigenvalue weighted by Crippen LogP contribution is 2.31. The summed E-state index contributed by atoms with van der Waals surface area (Å²) in [4.78, 5) is 16.7. The molecule has 152 valence electrons. The van der Waals surface area contributed by atoms with Crippen molar-refractivity contribution in [3.8, 4) is 34.2 Å². The van der Waals surface area contributed by atoms with Crippen molar-refractivity contribution >= 4 is 11.9 Å². The Balaban J connectivity index is 1.52. The lowest BCUT2D eigenvalue weighted by Gasteiger charge is -2.07. The highest BCUT2D eigenvalue weighted by molar-refractivity contribution is 6.01. The number of methoxy groups -OCH3 is 2. The molecule has 1 amide bonds. The van der Waals surface area contributed by atoms with Crippen molar-refractivity contribution < 1.29 is 23.1 Å². The lowest BCUT2D eigenvalue weighted by Crippen LogP contribution is -2.12. The summed E-state index contributed by atoms with van der Waals surface area (Å²) in [5.74, 6) is 0.860. The van der Waals surface area contributed by atoms with Crippen LogP contribution in [0.4, 0.5) is 10.3 Å². The molecule has 2 N–H and O–H groups in total. The number of furan rings is 1. The van der Waals surface area contributed by atoms with Crippen molar-refractivity contribution in [2.45, 2.75) is 0 Å². The van der Waals surface area contributed by atoms with Crippen LogP contribution in [0.1, 0.15) is 10.6 Å². The predicted molar refractivity (Wildman–Crippen MR) is 107 cm³/mol. The average Bonchev–Trinajstić information content (AvgIpc) is 3.43. The number of halogens is 1. The lowest BCUT2D eigenvalue weighted by atomic mass is 10.1. The number of carbonyl (C=O) groups is 1. The third kappa shape index (κ3) is 3.72. The summed E-state index contributed by atoms with van der Waals surface area (Å²) in [5, 5.41) is 9.29. The van der Waals surface area contributed by atoms with E-state index in [1.807, 2.05) is 0 Å². The summed E-state index contributed by atoms with van der Waals surface area (Å²) >= 11 is 0. The molecule has 0 bridgehead atoms. The Labute approximate surface area is 170 Å². The average molecular weight is 408 g/mol. The molecule has 0 aliphatic rings. The molecule has 2 aromatic heterocycles. The van der Waals surface area contributed by atoms with Gasteiger partial charge in [-0.05, 0) is 36.4 Å². The van der Waals surface area contributed by atoms with Gasteiger partial charge in [0.2, 0.25) is 5.95 Å². The van der Waals surface area contributed by atoms with Crippen LogP contribution < -0.4 is 14.8 Å². The largest absolute Gasteiger partial charge is 0.497 e. The molecule has 0 spiro atoms. The summed E-state index contributed by atoms with van der Waals surface area (Å²) in [6.07, 6.45) is 0. The third-order valence-corrected chi connectivity index (χ3v) is 4.34. The molecule has 0 unspecified atom stereocenters. The minimum absolute atomic E-state index is 0.00151. The molecule has 0 aliphatic heterocycles. The van der Waals surface area contributed by atoms with E-state index in [0.717, 1.165) is 0 Å². The number of anilines is 1. The Bertz CT molecular complexity index is 1200. The van der Waals surface area contributed by atoms with Gasteiger partial charge in [-0.2, -0.15) is 4.98 Å². The van der Waals surface area contributed by atoms with Crippen LogP contribution in [0.3, 0.4) is 0 Å². The number of hydrogen-bond donors (Lipinski definition) is 2. The Morgan fingerprint density at radius 3 is 2.67 bits per heavy atom. The number of hydrogen-bond acceptors (Lipinski definition) is 6. The molecular weight excluding hydrogens is 391 g/mol. The summed E-state index contributed by atoms with van der Waals surface area (Å²) < 4.78 is 29.9. The van der Waals surface area contributed by atoms with Gasteiger partial charge in [-0.15, -0.1) is 5.10 Å². The number of nitrogens with zero attached hydrogens (tertiary/aromatic N) is 2. The van der Waals surface area contributed by atoms with Gasteiger partial charge in [-0.25, -0.2) is 4.39 Å². The molecule has 8 nitrogen and oxygen atoms in total. The van der Waals surface area contributed by atoms with Crippen LogP contribution in [0.15, 0.2) is 59.0 Å². The maximum Gasteiger partial charge on any atom is 0.293 e. The van der Waals surface area contributed by atoms with E-state index in [-0.39, 0.29) is 23.0 Å². The minimum Gasteiger partial charge on any atom is -0.497 e. The van der Waals surface area contributed by atoms with Crippen molar-refractivity contribution in [2.24, 2.45) is 0 Å². The van der Waals surface area contributed by atoms with E-state index in [4.69, 9.17) is 13.9 Å². The van der Waals surface area contributed by atoms with E-state index in [2.05, 4.69) is 20.5 Å². The van der Waals surface area contributed by atoms with Gasteiger partial charge in [0.25, 0.3) is 5.91 Å². The van der Waals surface area contributed by atoms with Gasteiger partial charge in [-0.3, -0.25) is 15.2 Å². The van der Waals surface area contributed by atoms with Crippen molar-refractivity contribution in [3.63, 3.8) is 0 Å². The van der Waals surface area contributed by atoms with Crippen LogP contribution in [-0.4, -0.2) is 35.3 Å². The number of ether oxygens (including phenoxy) is 2. The zero-order valence-electron chi connectivity index (χ0n) is 16.1. The number of benzene rings is 2. The quantitative estimate of drug-likeness (QED) is 0.497. The zero-order valence-corrected chi connectivity index (χ0v) is 16.1. The molecule has 2 heterocycles. The Hall–Kier alpha value is -4.14. The maximum absolute atomic E-state index is 13.9. The van der Waals surface area contributed by atoms with E-state index >= 15 is 0 Å². The second kappa shape index (κ2) is 8.08. The molecule has 30 heavy (non-hydrogen) atoms. The number of rotatable bonds is 6. The minimum atomic E-state index is -0.565. The van der Waals surface area contributed by atoms with Crippen LogP contribution in [-0.2, 0) is 0 Å². The molecule has 0 saturated heterocycles. The van der Waals surface area contributed by atoms with Gasteiger partial charge < -0.3 is 13.9 Å². The normalized spacial score (nSPS) is 10.6. The number of nitrogens with one attached hydrogen (secondary N) is 2. The molecule has 0 radical (unpaired) electrons.